The largest absolute Gasteiger partial charge is 0.294 e. The zero-order valence-corrected chi connectivity index (χ0v) is 12.7. The van der Waals surface area contributed by atoms with Gasteiger partial charge in [-0.05, 0) is 59.1 Å². The van der Waals surface area contributed by atoms with Crippen molar-refractivity contribution in [2.45, 2.75) is 20.3 Å². The maximum atomic E-state index is 13.8. The molecule has 104 valence electrons. The summed E-state index contributed by atoms with van der Waals surface area (Å²) in [6.07, 6.45) is -0.292. The normalized spacial score (nSPS) is 10.7. The third kappa shape index (κ3) is 2.96. The van der Waals surface area contributed by atoms with E-state index >= 15 is 0 Å². The van der Waals surface area contributed by atoms with Gasteiger partial charge in [-0.3, -0.25) is 4.79 Å². The van der Waals surface area contributed by atoms with E-state index in [2.05, 4.69) is 15.9 Å². The van der Waals surface area contributed by atoms with Crippen molar-refractivity contribution in [3.63, 3.8) is 0 Å². The minimum Gasteiger partial charge on any atom is -0.294 e. The third-order valence-corrected chi connectivity index (χ3v) is 3.92. The summed E-state index contributed by atoms with van der Waals surface area (Å²) >= 11 is 2.99. The first-order chi connectivity index (χ1) is 9.40. The molecule has 0 aliphatic rings. The first-order valence-electron chi connectivity index (χ1n) is 6.13. The number of aryl methyl sites for hydroxylation is 2. The molecule has 0 aliphatic heterocycles. The average molecular weight is 339 g/mol. The predicted molar refractivity (Wildman–Crippen MR) is 78.0 cm³/mol. The Kier molecular flexibility index (Phi) is 4.33. The number of halogens is 3. The van der Waals surface area contributed by atoms with Crippen LogP contribution < -0.4 is 0 Å². The minimum atomic E-state index is -0.720. The average Bonchev–Trinajstić information content (AvgIpc) is 2.42. The zero-order chi connectivity index (χ0) is 14.9. The van der Waals surface area contributed by atoms with Gasteiger partial charge in [-0.1, -0.05) is 12.1 Å². The van der Waals surface area contributed by atoms with Crippen LogP contribution in [0, 0.1) is 25.5 Å². The SMILES string of the molecule is Cc1ccc(C(=O)Cc2c(F)ccc(Br)c2F)cc1C. The molecule has 0 aromatic heterocycles. The maximum absolute atomic E-state index is 13.8. The van der Waals surface area contributed by atoms with Gasteiger partial charge in [-0.15, -0.1) is 0 Å². The van der Waals surface area contributed by atoms with Crippen molar-refractivity contribution in [1.29, 1.82) is 0 Å². The molecule has 4 heteroatoms. The van der Waals surface area contributed by atoms with Crippen LogP contribution in [0.4, 0.5) is 8.78 Å². The lowest BCUT2D eigenvalue weighted by atomic mass is 9.99. The fourth-order valence-corrected chi connectivity index (χ4v) is 2.28. The fourth-order valence-electron chi connectivity index (χ4n) is 1.91. The Morgan fingerprint density at radius 3 is 2.45 bits per heavy atom. The van der Waals surface area contributed by atoms with Crippen molar-refractivity contribution in [2.24, 2.45) is 0 Å². The van der Waals surface area contributed by atoms with E-state index in [1.807, 2.05) is 19.9 Å². The Balaban J connectivity index is 2.32. The Labute approximate surface area is 124 Å². The Morgan fingerprint density at radius 1 is 1.10 bits per heavy atom. The number of carbonyl (C=O) groups is 1. The molecular formula is C16H13BrF2O. The first-order valence-corrected chi connectivity index (χ1v) is 6.92. The van der Waals surface area contributed by atoms with Gasteiger partial charge in [0.2, 0.25) is 0 Å². The number of ketones is 1. The highest BCUT2D eigenvalue weighted by Crippen LogP contribution is 2.23. The van der Waals surface area contributed by atoms with Crippen molar-refractivity contribution >= 4 is 21.7 Å². The van der Waals surface area contributed by atoms with E-state index in [4.69, 9.17) is 0 Å². The highest BCUT2D eigenvalue weighted by molar-refractivity contribution is 9.10. The van der Waals surface area contributed by atoms with Crippen LogP contribution in [0.1, 0.15) is 27.0 Å². The molecule has 20 heavy (non-hydrogen) atoms. The van der Waals surface area contributed by atoms with E-state index in [1.54, 1.807) is 12.1 Å². The molecule has 0 unspecified atom stereocenters. The van der Waals surface area contributed by atoms with Crippen LogP contribution in [0.2, 0.25) is 0 Å². The third-order valence-electron chi connectivity index (χ3n) is 3.31. The molecule has 0 bridgehead atoms. The van der Waals surface area contributed by atoms with Crippen LogP contribution in [-0.2, 0) is 6.42 Å². The highest BCUT2D eigenvalue weighted by Gasteiger charge is 2.17. The van der Waals surface area contributed by atoms with Crippen LogP contribution in [0.5, 0.6) is 0 Å². The van der Waals surface area contributed by atoms with Crippen LogP contribution in [0.15, 0.2) is 34.8 Å². The van der Waals surface area contributed by atoms with Gasteiger partial charge in [0, 0.05) is 17.5 Å². The number of carbonyl (C=O) groups excluding carboxylic acids is 1. The number of hydrogen-bond acceptors (Lipinski definition) is 1. The molecule has 1 nitrogen and oxygen atoms in total. The van der Waals surface area contributed by atoms with Gasteiger partial charge in [-0.25, -0.2) is 8.78 Å². The van der Waals surface area contributed by atoms with E-state index in [-0.39, 0.29) is 22.2 Å². The molecule has 0 aliphatic carbocycles. The summed E-state index contributed by atoms with van der Waals surface area (Å²) in [7, 11) is 0. The molecule has 0 saturated heterocycles. The molecule has 0 heterocycles. The van der Waals surface area contributed by atoms with Crippen molar-refractivity contribution < 1.29 is 13.6 Å². The van der Waals surface area contributed by atoms with E-state index in [1.165, 1.54) is 6.07 Å². The van der Waals surface area contributed by atoms with Crippen LogP contribution in [0.25, 0.3) is 0 Å². The molecule has 2 aromatic carbocycles. The summed E-state index contributed by atoms with van der Waals surface area (Å²) < 4.78 is 27.6. The molecular weight excluding hydrogens is 326 g/mol. The smallest absolute Gasteiger partial charge is 0.167 e. The first kappa shape index (κ1) is 14.9. The predicted octanol–water partition coefficient (Wildman–Crippen LogP) is 4.77. The van der Waals surface area contributed by atoms with Gasteiger partial charge in [0.05, 0.1) is 4.47 Å². The number of Topliss-reactive ketones (excluding diaryl/α,β-unsaturated/α-hetero) is 1. The van der Waals surface area contributed by atoms with E-state index in [0.717, 1.165) is 17.2 Å². The highest BCUT2D eigenvalue weighted by atomic mass is 79.9. The summed E-state index contributed by atoms with van der Waals surface area (Å²) in [6, 6.07) is 7.69. The van der Waals surface area contributed by atoms with Gasteiger partial charge in [0.25, 0.3) is 0 Å². The van der Waals surface area contributed by atoms with Crippen molar-refractivity contribution in [2.75, 3.05) is 0 Å². The molecule has 0 radical (unpaired) electrons. The zero-order valence-electron chi connectivity index (χ0n) is 11.1. The molecule has 0 N–H and O–H groups in total. The van der Waals surface area contributed by atoms with Crippen molar-refractivity contribution in [3.8, 4) is 0 Å². The monoisotopic (exact) mass is 338 g/mol. The van der Waals surface area contributed by atoms with E-state index in [9.17, 15) is 13.6 Å². The number of benzene rings is 2. The van der Waals surface area contributed by atoms with Gasteiger partial charge < -0.3 is 0 Å². The Hall–Kier alpha value is -1.55. The maximum Gasteiger partial charge on any atom is 0.167 e. The van der Waals surface area contributed by atoms with Crippen molar-refractivity contribution in [1.82, 2.24) is 0 Å². The van der Waals surface area contributed by atoms with Gasteiger partial charge in [0.15, 0.2) is 5.78 Å². The van der Waals surface area contributed by atoms with Crippen molar-refractivity contribution in [3.05, 3.63) is 68.7 Å². The van der Waals surface area contributed by atoms with Crippen LogP contribution in [-0.4, -0.2) is 5.78 Å². The summed E-state index contributed by atoms with van der Waals surface area (Å²) in [6.45, 7) is 3.84. The summed E-state index contributed by atoms with van der Waals surface area (Å²) in [5.74, 6) is -1.73. The molecule has 2 rings (SSSR count). The molecule has 0 fully saturated rings. The summed E-state index contributed by atoms with van der Waals surface area (Å²) in [5, 5.41) is 0. The van der Waals surface area contributed by atoms with Crippen LogP contribution >= 0.6 is 15.9 Å². The number of hydrogen-bond donors (Lipinski definition) is 0. The van der Waals surface area contributed by atoms with Gasteiger partial charge in [-0.2, -0.15) is 0 Å². The summed E-state index contributed by atoms with van der Waals surface area (Å²) in [4.78, 5) is 12.1. The minimum absolute atomic E-state index is 0.154. The lowest BCUT2D eigenvalue weighted by molar-refractivity contribution is 0.0990. The van der Waals surface area contributed by atoms with Gasteiger partial charge >= 0.3 is 0 Å². The second kappa shape index (κ2) is 5.83. The van der Waals surface area contributed by atoms with Crippen LogP contribution in [0.3, 0.4) is 0 Å². The second-order valence-corrected chi connectivity index (χ2v) is 5.58. The molecule has 0 atom stereocenters. The topological polar surface area (TPSA) is 17.1 Å². The second-order valence-electron chi connectivity index (χ2n) is 4.72. The Bertz CT molecular complexity index is 680. The number of rotatable bonds is 3. The molecule has 0 amide bonds. The lowest BCUT2D eigenvalue weighted by Gasteiger charge is -2.07. The van der Waals surface area contributed by atoms with E-state index in [0.29, 0.717) is 5.56 Å². The molecule has 0 spiro atoms. The molecule has 2 aromatic rings. The summed E-state index contributed by atoms with van der Waals surface area (Å²) in [5.41, 5.74) is 2.31. The quantitative estimate of drug-likeness (QED) is 0.582. The van der Waals surface area contributed by atoms with Gasteiger partial charge in [0.1, 0.15) is 11.6 Å². The molecule has 0 saturated carbocycles. The lowest BCUT2D eigenvalue weighted by Crippen LogP contribution is -2.08. The van der Waals surface area contributed by atoms with E-state index < -0.39 is 11.6 Å². The fraction of sp³-hybridized carbons (Fsp3) is 0.188. The standard InChI is InChI=1S/C16H13BrF2O/c1-9-3-4-11(7-10(9)2)15(20)8-12-14(18)6-5-13(17)16(12)19/h3-7H,8H2,1-2H3. The Morgan fingerprint density at radius 2 is 1.80 bits per heavy atom.